The lowest BCUT2D eigenvalue weighted by Gasteiger charge is -2.21. The number of rotatable bonds is 24. The molecule has 9 heteroatoms. The molecule has 33 heavy (non-hydrogen) atoms. The Labute approximate surface area is 204 Å². The van der Waals surface area contributed by atoms with E-state index >= 15 is 0 Å². The van der Waals surface area contributed by atoms with Gasteiger partial charge in [0.15, 0.2) is 10.9 Å². The molecule has 0 fully saturated rings. The van der Waals surface area contributed by atoms with Crippen molar-refractivity contribution in [1.82, 2.24) is 0 Å². The molecule has 0 saturated carbocycles. The standard InChI is InChI=1S/C24H50O7S2/c1-3-5-7-9-11-13-15-17-19-21-23(32(25,26)27)31-24(33(28,29)30)22-20-18-16-14-12-10-8-6-4-2/h23-24H,3-22H2,1-2H3,(H,25,26,27)(H,28,29,30). The van der Waals surface area contributed by atoms with Crippen LogP contribution in [0, 0.1) is 0 Å². The molecule has 0 amide bonds. The molecule has 2 unspecified atom stereocenters. The van der Waals surface area contributed by atoms with Crippen LogP contribution in [-0.4, -0.2) is 36.8 Å². The summed E-state index contributed by atoms with van der Waals surface area (Å²) in [5, 5.41) is 0. The van der Waals surface area contributed by atoms with Crippen LogP contribution in [-0.2, 0) is 25.0 Å². The Morgan fingerprint density at radius 3 is 0.970 bits per heavy atom. The van der Waals surface area contributed by atoms with Gasteiger partial charge in [0, 0.05) is 0 Å². The number of ether oxygens (including phenoxy) is 1. The summed E-state index contributed by atoms with van der Waals surface area (Å²) in [4.78, 5) is 0. The monoisotopic (exact) mass is 514 g/mol. The maximum atomic E-state index is 11.7. The summed E-state index contributed by atoms with van der Waals surface area (Å²) in [5.41, 5.74) is -3.26. The Balaban J connectivity index is 4.35. The minimum Gasteiger partial charge on any atom is -0.338 e. The fourth-order valence-electron chi connectivity index (χ4n) is 3.99. The minimum absolute atomic E-state index is 0.0123. The zero-order valence-electron chi connectivity index (χ0n) is 21.0. The highest BCUT2D eigenvalue weighted by Crippen LogP contribution is 2.21. The van der Waals surface area contributed by atoms with Gasteiger partial charge in [0.1, 0.15) is 0 Å². The highest BCUT2D eigenvalue weighted by molar-refractivity contribution is 7.87. The molecule has 0 aromatic rings. The van der Waals surface area contributed by atoms with Crippen LogP contribution in [0.4, 0.5) is 0 Å². The van der Waals surface area contributed by atoms with Crippen LogP contribution in [0.3, 0.4) is 0 Å². The van der Waals surface area contributed by atoms with Gasteiger partial charge in [-0.25, -0.2) is 0 Å². The Morgan fingerprint density at radius 2 is 0.727 bits per heavy atom. The van der Waals surface area contributed by atoms with Crippen LogP contribution >= 0.6 is 0 Å². The normalized spacial score (nSPS) is 14.4. The topological polar surface area (TPSA) is 118 Å². The van der Waals surface area contributed by atoms with E-state index in [2.05, 4.69) is 13.8 Å². The largest absolute Gasteiger partial charge is 0.338 e. The zero-order valence-corrected chi connectivity index (χ0v) is 22.7. The maximum absolute atomic E-state index is 11.7. The lowest BCUT2D eigenvalue weighted by Crippen LogP contribution is -2.33. The molecule has 0 rings (SSSR count). The van der Waals surface area contributed by atoms with E-state index in [1.54, 1.807) is 0 Å². The van der Waals surface area contributed by atoms with Crippen molar-refractivity contribution in [2.45, 2.75) is 153 Å². The molecule has 0 bridgehead atoms. The quantitative estimate of drug-likeness (QED) is 0.103. The van der Waals surface area contributed by atoms with Gasteiger partial charge < -0.3 is 4.74 Å². The first-order chi connectivity index (χ1) is 15.6. The number of unbranched alkanes of at least 4 members (excludes halogenated alkanes) is 16. The second kappa shape index (κ2) is 20.0. The Bertz CT molecular complexity index is 592. The van der Waals surface area contributed by atoms with E-state index in [1.807, 2.05) is 0 Å². The summed E-state index contributed by atoms with van der Waals surface area (Å²) in [5.74, 6) is 0. The Hall–Kier alpha value is -0.220. The smallest absolute Gasteiger partial charge is 0.292 e. The first kappa shape index (κ1) is 32.8. The van der Waals surface area contributed by atoms with Crippen LogP contribution in [0.25, 0.3) is 0 Å². The molecule has 200 valence electrons. The van der Waals surface area contributed by atoms with Crippen molar-refractivity contribution in [1.29, 1.82) is 0 Å². The minimum atomic E-state index is -4.58. The molecule has 7 nitrogen and oxygen atoms in total. The van der Waals surface area contributed by atoms with Crippen molar-refractivity contribution in [3.05, 3.63) is 0 Å². The number of hydrogen-bond acceptors (Lipinski definition) is 5. The van der Waals surface area contributed by atoms with Gasteiger partial charge >= 0.3 is 0 Å². The maximum Gasteiger partial charge on any atom is 0.292 e. The summed E-state index contributed by atoms with van der Waals surface area (Å²) >= 11 is 0. The second-order valence-corrected chi connectivity index (χ2v) is 12.4. The Kier molecular flexibility index (Phi) is 19.9. The lowest BCUT2D eigenvalue weighted by atomic mass is 10.1. The van der Waals surface area contributed by atoms with Gasteiger partial charge in [-0.15, -0.1) is 0 Å². The summed E-state index contributed by atoms with van der Waals surface area (Å²) in [6.07, 6.45) is 18.8. The Morgan fingerprint density at radius 1 is 0.485 bits per heavy atom. The molecule has 0 aliphatic heterocycles. The fraction of sp³-hybridized carbons (Fsp3) is 1.00. The lowest BCUT2D eigenvalue weighted by molar-refractivity contribution is 0.0557. The summed E-state index contributed by atoms with van der Waals surface area (Å²) in [7, 11) is -9.15. The molecule has 2 N–H and O–H groups in total. The van der Waals surface area contributed by atoms with Crippen molar-refractivity contribution < 1.29 is 30.7 Å². The van der Waals surface area contributed by atoms with Gasteiger partial charge in [-0.1, -0.05) is 117 Å². The molecular weight excluding hydrogens is 464 g/mol. The highest BCUT2D eigenvalue weighted by atomic mass is 32.2. The van der Waals surface area contributed by atoms with Crippen LogP contribution in [0.5, 0.6) is 0 Å². The fourth-order valence-corrected chi connectivity index (χ4v) is 5.54. The average molecular weight is 515 g/mol. The third-order valence-electron chi connectivity index (χ3n) is 6.05. The van der Waals surface area contributed by atoms with Crippen LogP contribution in [0.2, 0.25) is 0 Å². The summed E-state index contributed by atoms with van der Waals surface area (Å²) in [6, 6.07) is 0. The first-order valence-electron chi connectivity index (χ1n) is 13.2. The van der Waals surface area contributed by atoms with Gasteiger partial charge in [-0.3, -0.25) is 9.11 Å². The second-order valence-electron chi connectivity index (χ2n) is 9.26. The number of hydrogen-bond donors (Lipinski definition) is 2. The van der Waals surface area contributed by atoms with Crippen LogP contribution in [0.1, 0.15) is 142 Å². The van der Waals surface area contributed by atoms with Gasteiger partial charge in [0.05, 0.1) is 0 Å². The van der Waals surface area contributed by atoms with E-state index < -0.39 is 31.1 Å². The molecule has 2 atom stereocenters. The van der Waals surface area contributed by atoms with E-state index in [-0.39, 0.29) is 12.8 Å². The van der Waals surface area contributed by atoms with Crippen LogP contribution in [0.15, 0.2) is 0 Å². The highest BCUT2D eigenvalue weighted by Gasteiger charge is 2.32. The molecule has 0 saturated heterocycles. The molecule has 0 radical (unpaired) electrons. The van der Waals surface area contributed by atoms with E-state index in [0.29, 0.717) is 12.8 Å². The van der Waals surface area contributed by atoms with Crippen molar-refractivity contribution >= 4 is 20.2 Å². The molecule has 0 aromatic heterocycles. The van der Waals surface area contributed by atoms with Crippen molar-refractivity contribution in [2.24, 2.45) is 0 Å². The molecular formula is C24H50O7S2. The molecule has 0 spiro atoms. The SMILES string of the molecule is CCCCCCCCCCCC(OC(CCCCCCCCCCC)S(=O)(=O)O)S(=O)(=O)O. The van der Waals surface area contributed by atoms with Gasteiger partial charge in [0.25, 0.3) is 20.2 Å². The van der Waals surface area contributed by atoms with Crippen molar-refractivity contribution in [3.63, 3.8) is 0 Å². The van der Waals surface area contributed by atoms with E-state index in [0.717, 1.165) is 51.4 Å². The first-order valence-corrected chi connectivity index (χ1v) is 16.2. The van der Waals surface area contributed by atoms with Crippen molar-refractivity contribution in [3.8, 4) is 0 Å². The van der Waals surface area contributed by atoms with E-state index in [4.69, 9.17) is 4.74 Å². The zero-order chi connectivity index (χ0) is 25.0. The van der Waals surface area contributed by atoms with Gasteiger partial charge in [-0.05, 0) is 25.7 Å². The van der Waals surface area contributed by atoms with E-state index in [1.165, 1.54) is 51.4 Å². The van der Waals surface area contributed by atoms with E-state index in [9.17, 15) is 25.9 Å². The third-order valence-corrected chi connectivity index (χ3v) is 8.08. The molecule has 0 aliphatic rings. The predicted molar refractivity (Wildman–Crippen MR) is 135 cm³/mol. The van der Waals surface area contributed by atoms with Crippen molar-refractivity contribution in [2.75, 3.05) is 0 Å². The van der Waals surface area contributed by atoms with Gasteiger partial charge in [0.2, 0.25) is 0 Å². The van der Waals surface area contributed by atoms with Crippen LogP contribution < -0.4 is 0 Å². The van der Waals surface area contributed by atoms with Gasteiger partial charge in [-0.2, -0.15) is 16.8 Å². The third kappa shape index (κ3) is 19.7. The molecule has 0 aromatic carbocycles. The summed E-state index contributed by atoms with van der Waals surface area (Å²) in [6.45, 7) is 4.35. The molecule has 0 aliphatic carbocycles. The molecule has 0 heterocycles. The summed E-state index contributed by atoms with van der Waals surface area (Å²) < 4.78 is 71.2. The predicted octanol–water partition coefficient (Wildman–Crippen LogP) is 7.27. The average Bonchev–Trinajstić information content (AvgIpc) is 2.73.